The Balaban J connectivity index is 2.10. The molecule has 0 aliphatic rings. The summed E-state index contributed by atoms with van der Waals surface area (Å²) in [6.45, 7) is 3.86. The standard InChI is InChI=1S/C15H19N3O2S/c1-11-5-3-4-6-13(11)9-12(2)18-21(19,20)14-7-8-15(16)17-10-14/h3-8,10,12,18H,9H2,1-2H3,(H2,16,17). The van der Waals surface area contributed by atoms with Gasteiger partial charge in [0.05, 0.1) is 0 Å². The van der Waals surface area contributed by atoms with Crippen molar-refractivity contribution in [2.75, 3.05) is 5.73 Å². The quantitative estimate of drug-likeness (QED) is 0.883. The van der Waals surface area contributed by atoms with E-state index in [4.69, 9.17) is 5.73 Å². The molecule has 1 aromatic heterocycles. The second-order valence-corrected chi connectivity index (χ2v) is 6.79. The van der Waals surface area contributed by atoms with Crippen molar-refractivity contribution < 1.29 is 8.42 Å². The van der Waals surface area contributed by atoms with Gasteiger partial charge in [-0.05, 0) is 43.5 Å². The Labute approximate surface area is 125 Å². The Morgan fingerprint density at radius 3 is 2.57 bits per heavy atom. The number of nitrogen functional groups attached to an aromatic ring is 1. The van der Waals surface area contributed by atoms with Crippen LogP contribution < -0.4 is 10.5 Å². The molecular formula is C15H19N3O2S. The summed E-state index contributed by atoms with van der Waals surface area (Å²) in [7, 11) is -3.58. The maximum absolute atomic E-state index is 12.2. The van der Waals surface area contributed by atoms with Gasteiger partial charge in [-0.1, -0.05) is 24.3 Å². The third-order valence-electron chi connectivity index (χ3n) is 3.21. The van der Waals surface area contributed by atoms with Crippen LogP contribution in [-0.2, 0) is 16.4 Å². The minimum absolute atomic E-state index is 0.119. The Morgan fingerprint density at radius 1 is 1.24 bits per heavy atom. The van der Waals surface area contributed by atoms with Gasteiger partial charge in [0.1, 0.15) is 10.7 Å². The molecule has 0 saturated heterocycles. The van der Waals surface area contributed by atoms with Crippen LogP contribution in [0.4, 0.5) is 5.82 Å². The number of benzene rings is 1. The molecule has 5 nitrogen and oxygen atoms in total. The molecule has 1 unspecified atom stereocenters. The molecule has 0 aliphatic carbocycles. The smallest absolute Gasteiger partial charge is 0.242 e. The first-order chi connectivity index (χ1) is 9.88. The topological polar surface area (TPSA) is 85.1 Å². The normalized spacial score (nSPS) is 13.0. The molecule has 2 rings (SSSR count). The summed E-state index contributed by atoms with van der Waals surface area (Å²) < 4.78 is 27.1. The number of nitrogens with zero attached hydrogens (tertiary/aromatic N) is 1. The molecule has 0 saturated carbocycles. The number of aryl methyl sites for hydroxylation is 1. The molecule has 0 fully saturated rings. The fraction of sp³-hybridized carbons (Fsp3) is 0.267. The predicted molar refractivity (Wildman–Crippen MR) is 83.3 cm³/mol. The number of rotatable bonds is 5. The van der Waals surface area contributed by atoms with Crippen LogP contribution in [0.1, 0.15) is 18.1 Å². The van der Waals surface area contributed by atoms with Crippen LogP contribution in [0, 0.1) is 6.92 Å². The Kier molecular flexibility index (Phi) is 4.59. The molecule has 0 spiro atoms. The first-order valence-electron chi connectivity index (χ1n) is 6.67. The van der Waals surface area contributed by atoms with Gasteiger partial charge in [-0.2, -0.15) is 0 Å². The highest BCUT2D eigenvalue weighted by Crippen LogP contribution is 2.13. The monoisotopic (exact) mass is 305 g/mol. The van der Waals surface area contributed by atoms with Crippen LogP contribution in [-0.4, -0.2) is 19.4 Å². The van der Waals surface area contributed by atoms with E-state index in [1.54, 1.807) is 0 Å². The minimum Gasteiger partial charge on any atom is -0.384 e. The van der Waals surface area contributed by atoms with Crippen molar-refractivity contribution in [2.24, 2.45) is 0 Å². The molecule has 3 N–H and O–H groups in total. The molecule has 0 amide bonds. The van der Waals surface area contributed by atoms with E-state index in [1.807, 2.05) is 38.1 Å². The minimum atomic E-state index is -3.58. The Hall–Kier alpha value is -1.92. The van der Waals surface area contributed by atoms with E-state index in [2.05, 4.69) is 9.71 Å². The highest BCUT2D eigenvalue weighted by molar-refractivity contribution is 7.89. The third-order valence-corrected chi connectivity index (χ3v) is 4.79. The molecular weight excluding hydrogens is 286 g/mol. The van der Waals surface area contributed by atoms with Crippen molar-refractivity contribution in [3.63, 3.8) is 0 Å². The zero-order chi connectivity index (χ0) is 15.5. The highest BCUT2D eigenvalue weighted by atomic mass is 32.2. The number of nitrogens with two attached hydrogens (primary N) is 1. The van der Waals surface area contributed by atoms with Crippen molar-refractivity contribution in [1.29, 1.82) is 0 Å². The van der Waals surface area contributed by atoms with Crippen LogP contribution in [0.25, 0.3) is 0 Å². The number of hydrogen-bond donors (Lipinski definition) is 2. The zero-order valence-electron chi connectivity index (χ0n) is 12.1. The summed E-state index contributed by atoms with van der Waals surface area (Å²) in [6, 6.07) is 10.6. The van der Waals surface area contributed by atoms with Crippen LogP contribution >= 0.6 is 0 Å². The fourth-order valence-electron chi connectivity index (χ4n) is 2.09. The average Bonchev–Trinajstić information content (AvgIpc) is 2.41. The van der Waals surface area contributed by atoms with Crippen molar-refractivity contribution in [3.05, 3.63) is 53.7 Å². The van der Waals surface area contributed by atoms with E-state index < -0.39 is 10.0 Å². The van der Waals surface area contributed by atoms with Gasteiger partial charge in [-0.15, -0.1) is 0 Å². The molecule has 1 atom stereocenters. The summed E-state index contributed by atoms with van der Waals surface area (Å²) >= 11 is 0. The van der Waals surface area contributed by atoms with Gasteiger partial charge in [-0.25, -0.2) is 18.1 Å². The van der Waals surface area contributed by atoms with Gasteiger partial charge >= 0.3 is 0 Å². The molecule has 0 bridgehead atoms. The Bertz CT molecular complexity index is 712. The largest absolute Gasteiger partial charge is 0.384 e. The van der Waals surface area contributed by atoms with Gasteiger partial charge in [0.15, 0.2) is 0 Å². The first-order valence-corrected chi connectivity index (χ1v) is 8.15. The maximum atomic E-state index is 12.2. The number of aromatic nitrogens is 1. The lowest BCUT2D eigenvalue weighted by molar-refractivity contribution is 0.559. The van der Waals surface area contributed by atoms with Crippen LogP contribution in [0.5, 0.6) is 0 Å². The Morgan fingerprint density at radius 2 is 1.95 bits per heavy atom. The average molecular weight is 305 g/mol. The molecule has 0 aliphatic heterocycles. The van der Waals surface area contributed by atoms with Gasteiger partial charge in [0.2, 0.25) is 10.0 Å². The summed E-state index contributed by atoms with van der Waals surface area (Å²) in [6.07, 6.45) is 1.90. The van der Waals surface area contributed by atoms with Crippen LogP contribution in [0.15, 0.2) is 47.5 Å². The number of pyridine rings is 1. The van der Waals surface area contributed by atoms with Gasteiger partial charge in [0, 0.05) is 12.2 Å². The van der Waals surface area contributed by atoms with E-state index in [-0.39, 0.29) is 10.9 Å². The zero-order valence-corrected chi connectivity index (χ0v) is 12.9. The SMILES string of the molecule is Cc1ccccc1CC(C)NS(=O)(=O)c1ccc(N)nc1. The third kappa shape index (κ3) is 4.03. The lowest BCUT2D eigenvalue weighted by atomic mass is 10.0. The van der Waals surface area contributed by atoms with Crippen LogP contribution in [0.2, 0.25) is 0 Å². The first kappa shape index (κ1) is 15.5. The number of anilines is 1. The fourth-order valence-corrected chi connectivity index (χ4v) is 3.28. The van der Waals surface area contributed by atoms with Crippen molar-refractivity contribution in [2.45, 2.75) is 31.2 Å². The summed E-state index contributed by atoms with van der Waals surface area (Å²) in [4.78, 5) is 3.93. The van der Waals surface area contributed by atoms with E-state index in [0.717, 1.165) is 11.1 Å². The summed E-state index contributed by atoms with van der Waals surface area (Å²) in [5.41, 5.74) is 7.74. The molecule has 6 heteroatoms. The van der Waals surface area contributed by atoms with Gasteiger partial charge in [0.25, 0.3) is 0 Å². The second-order valence-electron chi connectivity index (χ2n) is 5.07. The van der Waals surface area contributed by atoms with Crippen molar-refractivity contribution in [1.82, 2.24) is 9.71 Å². The van der Waals surface area contributed by atoms with Gasteiger partial charge < -0.3 is 5.73 Å². The summed E-state index contributed by atoms with van der Waals surface area (Å²) in [5, 5.41) is 0. The van der Waals surface area contributed by atoms with E-state index in [0.29, 0.717) is 12.2 Å². The molecule has 112 valence electrons. The lowest BCUT2D eigenvalue weighted by Gasteiger charge is -2.15. The number of sulfonamides is 1. The predicted octanol–water partition coefficient (Wildman–Crippen LogP) is 1.88. The van der Waals surface area contributed by atoms with E-state index >= 15 is 0 Å². The summed E-state index contributed by atoms with van der Waals surface area (Å²) in [5.74, 6) is 0.293. The number of hydrogen-bond acceptors (Lipinski definition) is 4. The van der Waals surface area contributed by atoms with Crippen molar-refractivity contribution >= 4 is 15.8 Å². The molecule has 21 heavy (non-hydrogen) atoms. The van der Waals surface area contributed by atoms with E-state index in [9.17, 15) is 8.42 Å². The van der Waals surface area contributed by atoms with Crippen molar-refractivity contribution in [3.8, 4) is 0 Å². The maximum Gasteiger partial charge on any atom is 0.242 e. The molecule has 0 radical (unpaired) electrons. The van der Waals surface area contributed by atoms with Crippen LogP contribution in [0.3, 0.4) is 0 Å². The molecule has 2 aromatic rings. The molecule has 1 aromatic carbocycles. The van der Waals surface area contributed by atoms with E-state index in [1.165, 1.54) is 18.3 Å². The second kappa shape index (κ2) is 6.24. The highest BCUT2D eigenvalue weighted by Gasteiger charge is 2.18. The molecule has 1 heterocycles. The number of nitrogens with one attached hydrogen (secondary N) is 1. The lowest BCUT2D eigenvalue weighted by Crippen LogP contribution is -2.34. The van der Waals surface area contributed by atoms with Gasteiger partial charge in [-0.3, -0.25) is 0 Å².